The van der Waals surface area contributed by atoms with Gasteiger partial charge in [0.15, 0.2) is 0 Å². The minimum Gasteiger partial charge on any atom is -0.494 e. The molecule has 1 aliphatic heterocycles. The molecule has 1 fully saturated rings. The number of halogens is 2. The van der Waals surface area contributed by atoms with Gasteiger partial charge in [-0.25, -0.2) is 8.78 Å². The van der Waals surface area contributed by atoms with Crippen molar-refractivity contribution in [2.45, 2.75) is 19.4 Å². The molecule has 1 aromatic rings. The summed E-state index contributed by atoms with van der Waals surface area (Å²) in [6, 6.07) is 6.18. The van der Waals surface area contributed by atoms with E-state index >= 15 is 0 Å². The van der Waals surface area contributed by atoms with Crippen molar-refractivity contribution in [2.24, 2.45) is 0 Å². The predicted molar refractivity (Wildman–Crippen MR) is 70.8 cm³/mol. The first kappa shape index (κ1) is 14.2. The lowest BCUT2D eigenvalue weighted by molar-refractivity contribution is 0.0181. The number of rotatable bonds is 5. The van der Waals surface area contributed by atoms with Gasteiger partial charge in [0.1, 0.15) is 5.75 Å². The molecule has 1 atom stereocenters. The Balaban J connectivity index is 2.13. The summed E-state index contributed by atoms with van der Waals surface area (Å²) in [6.07, 6.45) is -2.38. The molecule has 19 heavy (non-hydrogen) atoms. The summed E-state index contributed by atoms with van der Waals surface area (Å²) in [4.78, 5) is 1.84. The van der Waals surface area contributed by atoms with Crippen LogP contribution in [0.3, 0.4) is 0 Å². The maximum Gasteiger partial charge on any atom is 0.258 e. The average Bonchev–Trinajstić information content (AvgIpc) is 2.42. The maximum absolute atomic E-state index is 13.3. The molecular formula is C14H20F2N2O. The molecule has 5 heteroatoms. The smallest absolute Gasteiger partial charge is 0.258 e. The standard InChI is InChI=1S/C14H20F2N2O/c1-2-19-12-5-3-11(4-6-12)13(14(15)16)18-9-7-17-8-10-18/h3-6,13-14,17H,2,7-10H2,1H3/t13-/m1/s1. The minimum absolute atomic E-state index is 0.579. The quantitative estimate of drug-likeness (QED) is 0.888. The predicted octanol–water partition coefficient (Wildman–Crippen LogP) is 2.30. The van der Waals surface area contributed by atoms with E-state index in [-0.39, 0.29) is 0 Å². The first-order valence-corrected chi connectivity index (χ1v) is 6.68. The van der Waals surface area contributed by atoms with Crippen LogP contribution in [0.5, 0.6) is 5.75 Å². The molecule has 1 aromatic carbocycles. The van der Waals surface area contributed by atoms with Gasteiger partial charge in [0.25, 0.3) is 6.43 Å². The lowest BCUT2D eigenvalue weighted by Gasteiger charge is -2.34. The van der Waals surface area contributed by atoms with Crippen molar-refractivity contribution in [3.8, 4) is 5.75 Å². The molecule has 0 bridgehead atoms. The molecule has 1 N–H and O–H groups in total. The Labute approximate surface area is 112 Å². The molecule has 0 unspecified atom stereocenters. The summed E-state index contributed by atoms with van der Waals surface area (Å²) in [7, 11) is 0. The van der Waals surface area contributed by atoms with E-state index in [4.69, 9.17) is 4.74 Å². The summed E-state index contributed by atoms with van der Waals surface area (Å²) in [5.41, 5.74) is 0.653. The fourth-order valence-electron chi connectivity index (χ4n) is 2.40. The van der Waals surface area contributed by atoms with Crippen molar-refractivity contribution in [3.05, 3.63) is 29.8 Å². The van der Waals surface area contributed by atoms with E-state index < -0.39 is 12.5 Å². The number of hydrogen-bond acceptors (Lipinski definition) is 3. The van der Waals surface area contributed by atoms with Crippen molar-refractivity contribution in [2.75, 3.05) is 32.8 Å². The molecule has 106 valence electrons. The fourth-order valence-corrected chi connectivity index (χ4v) is 2.40. The number of ether oxygens (including phenoxy) is 1. The molecular weight excluding hydrogens is 250 g/mol. The Morgan fingerprint density at radius 3 is 2.37 bits per heavy atom. The Hall–Kier alpha value is -1.20. The topological polar surface area (TPSA) is 24.5 Å². The molecule has 2 rings (SSSR count). The van der Waals surface area contributed by atoms with Crippen LogP contribution in [-0.4, -0.2) is 44.1 Å². The van der Waals surface area contributed by atoms with Gasteiger partial charge in [-0.2, -0.15) is 0 Å². The van der Waals surface area contributed by atoms with Gasteiger partial charge in [-0.3, -0.25) is 4.90 Å². The third kappa shape index (κ3) is 3.64. The highest BCUT2D eigenvalue weighted by molar-refractivity contribution is 5.29. The highest BCUT2D eigenvalue weighted by Gasteiger charge is 2.29. The van der Waals surface area contributed by atoms with Crippen molar-refractivity contribution >= 4 is 0 Å². The highest BCUT2D eigenvalue weighted by atomic mass is 19.3. The Morgan fingerprint density at radius 2 is 1.84 bits per heavy atom. The van der Waals surface area contributed by atoms with Gasteiger partial charge in [-0.1, -0.05) is 12.1 Å². The monoisotopic (exact) mass is 270 g/mol. The van der Waals surface area contributed by atoms with E-state index in [1.54, 1.807) is 24.3 Å². The van der Waals surface area contributed by atoms with Crippen LogP contribution in [0.1, 0.15) is 18.5 Å². The van der Waals surface area contributed by atoms with Crippen LogP contribution in [0.15, 0.2) is 24.3 Å². The normalized spacial score (nSPS) is 18.5. The number of benzene rings is 1. The second-order valence-corrected chi connectivity index (χ2v) is 4.57. The highest BCUT2D eigenvalue weighted by Crippen LogP contribution is 2.29. The van der Waals surface area contributed by atoms with Gasteiger partial charge in [0.2, 0.25) is 0 Å². The van der Waals surface area contributed by atoms with Crippen LogP contribution in [0.25, 0.3) is 0 Å². The second kappa shape index (κ2) is 6.82. The minimum atomic E-state index is -2.38. The van der Waals surface area contributed by atoms with E-state index in [2.05, 4.69) is 5.32 Å². The molecule has 1 heterocycles. The Morgan fingerprint density at radius 1 is 1.21 bits per heavy atom. The third-order valence-corrected chi connectivity index (χ3v) is 3.32. The lowest BCUT2D eigenvalue weighted by Crippen LogP contribution is -2.46. The van der Waals surface area contributed by atoms with Gasteiger partial charge in [0, 0.05) is 26.2 Å². The van der Waals surface area contributed by atoms with Gasteiger partial charge < -0.3 is 10.1 Å². The molecule has 3 nitrogen and oxygen atoms in total. The van der Waals surface area contributed by atoms with Crippen molar-refractivity contribution in [3.63, 3.8) is 0 Å². The van der Waals surface area contributed by atoms with Crippen LogP contribution in [0.2, 0.25) is 0 Å². The first-order valence-electron chi connectivity index (χ1n) is 6.68. The van der Waals surface area contributed by atoms with Crippen molar-refractivity contribution < 1.29 is 13.5 Å². The van der Waals surface area contributed by atoms with Gasteiger partial charge >= 0.3 is 0 Å². The molecule has 0 spiro atoms. The average molecular weight is 270 g/mol. The molecule has 0 aromatic heterocycles. The molecule has 0 aliphatic carbocycles. The van der Waals surface area contributed by atoms with Crippen molar-refractivity contribution in [1.29, 1.82) is 0 Å². The maximum atomic E-state index is 13.3. The van der Waals surface area contributed by atoms with E-state index in [9.17, 15) is 8.78 Å². The van der Waals surface area contributed by atoms with Gasteiger partial charge in [-0.15, -0.1) is 0 Å². The SMILES string of the molecule is CCOc1ccc([C@H](C(F)F)N2CCNCC2)cc1. The zero-order valence-corrected chi connectivity index (χ0v) is 11.1. The van der Waals surface area contributed by atoms with Crippen molar-refractivity contribution in [1.82, 2.24) is 10.2 Å². The van der Waals surface area contributed by atoms with E-state index in [1.165, 1.54) is 0 Å². The summed E-state index contributed by atoms with van der Waals surface area (Å²) in [5.74, 6) is 0.722. The van der Waals surface area contributed by atoms with Crippen LogP contribution >= 0.6 is 0 Å². The Kier molecular flexibility index (Phi) is 5.10. The Bertz CT molecular complexity index is 378. The van der Waals surface area contributed by atoms with Gasteiger partial charge in [0.05, 0.1) is 12.6 Å². The molecule has 0 saturated carbocycles. The van der Waals surface area contributed by atoms with E-state index in [0.717, 1.165) is 18.8 Å². The zero-order chi connectivity index (χ0) is 13.7. The van der Waals surface area contributed by atoms with Crippen LogP contribution in [0, 0.1) is 0 Å². The first-order chi connectivity index (χ1) is 9.22. The summed E-state index contributed by atoms with van der Waals surface area (Å²) >= 11 is 0. The summed E-state index contributed by atoms with van der Waals surface area (Å²) in [5, 5.41) is 3.18. The second-order valence-electron chi connectivity index (χ2n) is 4.57. The van der Waals surface area contributed by atoms with E-state index in [0.29, 0.717) is 25.3 Å². The van der Waals surface area contributed by atoms with E-state index in [1.807, 2.05) is 11.8 Å². The summed E-state index contributed by atoms with van der Waals surface area (Å²) < 4.78 is 32.0. The van der Waals surface area contributed by atoms with Crippen LogP contribution < -0.4 is 10.1 Å². The van der Waals surface area contributed by atoms with Gasteiger partial charge in [-0.05, 0) is 24.6 Å². The largest absolute Gasteiger partial charge is 0.494 e. The molecule has 0 radical (unpaired) electrons. The zero-order valence-electron chi connectivity index (χ0n) is 11.1. The number of piperazine rings is 1. The molecule has 1 saturated heterocycles. The van der Waals surface area contributed by atoms with Crippen LogP contribution in [-0.2, 0) is 0 Å². The third-order valence-electron chi connectivity index (χ3n) is 3.32. The lowest BCUT2D eigenvalue weighted by atomic mass is 10.0. The molecule has 1 aliphatic rings. The number of nitrogens with zero attached hydrogens (tertiary/aromatic N) is 1. The number of hydrogen-bond donors (Lipinski definition) is 1. The summed E-state index contributed by atoms with van der Waals surface area (Å²) in [6.45, 7) is 5.32. The van der Waals surface area contributed by atoms with Crippen LogP contribution in [0.4, 0.5) is 8.78 Å². The number of alkyl halides is 2. The molecule has 0 amide bonds. The number of nitrogens with one attached hydrogen (secondary N) is 1. The fraction of sp³-hybridized carbons (Fsp3) is 0.571.